The number of hydrogen-bond acceptors (Lipinski definition) is 10. The highest BCUT2D eigenvalue weighted by molar-refractivity contribution is 7.89. The Morgan fingerprint density at radius 1 is 1.04 bits per heavy atom. The molecule has 0 unspecified atom stereocenters. The summed E-state index contributed by atoms with van der Waals surface area (Å²) in [5.74, 6) is 0.232. The van der Waals surface area contributed by atoms with Gasteiger partial charge in [-0.15, -0.1) is 15.7 Å². The molecule has 0 saturated carbocycles. The van der Waals surface area contributed by atoms with E-state index in [0.717, 1.165) is 50.8 Å². The molecule has 2 atom stereocenters. The molecule has 0 radical (unpaired) electrons. The minimum Gasteiger partial charge on any atom is -0.293 e. The molecule has 1 amide bonds. The fourth-order valence-electron chi connectivity index (χ4n) is 7.55. The Hall–Kier alpha value is -5.18. The fraction of sp³-hybridized carbons (Fsp3) is 0.359. The molecule has 2 aromatic heterocycles. The van der Waals surface area contributed by atoms with E-state index in [2.05, 4.69) is 55.8 Å². The Morgan fingerprint density at radius 2 is 1.83 bits per heavy atom. The van der Waals surface area contributed by atoms with Crippen LogP contribution in [0.2, 0.25) is 0 Å². The summed E-state index contributed by atoms with van der Waals surface area (Å²) >= 11 is 0. The summed E-state index contributed by atoms with van der Waals surface area (Å²) in [6.45, 7) is 13.3. The SMILES string of the molecule is CC[C@H]1Cc2ccccc2S(=O)(=O)N(Cc2cc([C@@H](c3ccc4c(nnn4CC)c3C)C(C)(C)C(=O)NC3=NNNN3c3ccccn3)ccc2C)C1. The third-order valence-corrected chi connectivity index (χ3v) is 12.6. The van der Waals surface area contributed by atoms with E-state index in [9.17, 15) is 13.2 Å². The molecule has 53 heavy (non-hydrogen) atoms. The number of nitrogens with one attached hydrogen (secondary N) is 3. The summed E-state index contributed by atoms with van der Waals surface area (Å²) in [6.07, 6.45) is 3.24. The molecule has 13 nitrogen and oxygen atoms in total. The van der Waals surface area contributed by atoms with Crippen molar-refractivity contribution in [2.75, 3.05) is 11.6 Å². The number of benzene rings is 3. The average Bonchev–Trinajstić information content (AvgIpc) is 3.78. The van der Waals surface area contributed by atoms with Crippen molar-refractivity contribution in [1.82, 2.24) is 40.7 Å². The Bertz CT molecular complexity index is 2310. The molecular formula is C39H46N10O3S. The van der Waals surface area contributed by atoms with Gasteiger partial charge >= 0.3 is 0 Å². The lowest BCUT2D eigenvalue weighted by Crippen LogP contribution is -2.52. The van der Waals surface area contributed by atoms with Gasteiger partial charge in [0.2, 0.25) is 21.9 Å². The molecule has 4 heterocycles. The number of sulfonamides is 1. The Labute approximate surface area is 310 Å². The number of carbonyl (C=O) groups excluding carboxylic acids is 1. The van der Waals surface area contributed by atoms with E-state index >= 15 is 0 Å². The second kappa shape index (κ2) is 14.3. The number of fused-ring (bicyclic) bond motifs is 2. The van der Waals surface area contributed by atoms with Crippen LogP contribution in [0, 0.1) is 25.2 Å². The standard InChI is InChI=1S/C39H46N10O3S/c1-7-27-21-28-13-9-10-14-33(28)53(51,52)47(23-27)24-30-22-29(17-16-25(30)3)35(31-18-19-32-36(26(31)4)42-45-48(32)8-2)39(5,6)37(50)41-38-43-44-46-49(38)34-15-11-12-20-40-34/h9-20,22,27,35,44,46H,7-8,21,23-24H2,1-6H3,(H,41,43,50)/t27-,35-/m0/s1. The maximum absolute atomic E-state index is 14.6. The van der Waals surface area contributed by atoms with Gasteiger partial charge in [0.05, 0.1) is 15.8 Å². The lowest BCUT2D eigenvalue weighted by Gasteiger charge is -2.35. The van der Waals surface area contributed by atoms with Crippen molar-refractivity contribution < 1.29 is 13.2 Å². The molecule has 0 bridgehead atoms. The summed E-state index contributed by atoms with van der Waals surface area (Å²) in [5, 5.41) is 17.8. The van der Waals surface area contributed by atoms with Gasteiger partial charge in [0.1, 0.15) is 5.52 Å². The topological polar surface area (TPSA) is 150 Å². The van der Waals surface area contributed by atoms with Crippen LogP contribution in [0.1, 0.15) is 73.4 Å². The van der Waals surface area contributed by atoms with Crippen LogP contribution in [0.4, 0.5) is 5.82 Å². The molecular weight excluding hydrogens is 689 g/mol. The lowest BCUT2D eigenvalue weighted by molar-refractivity contribution is -0.128. The Balaban J connectivity index is 1.30. The number of pyridine rings is 1. The summed E-state index contributed by atoms with van der Waals surface area (Å²) in [5.41, 5.74) is 11.7. The minimum absolute atomic E-state index is 0.186. The van der Waals surface area contributed by atoms with Crippen molar-refractivity contribution in [2.24, 2.45) is 16.4 Å². The Morgan fingerprint density at radius 3 is 2.58 bits per heavy atom. The zero-order valence-corrected chi connectivity index (χ0v) is 31.8. The van der Waals surface area contributed by atoms with Gasteiger partial charge < -0.3 is 0 Å². The monoisotopic (exact) mass is 734 g/mol. The van der Waals surface area contributed by atoms with Gasteiger partial charge in [-0.3, -0.25) is 10.1 Å². The van der Waals surface area contributed by atoms with Gasteiger partial charge in [0.15, 0.2) is 5.82 Å². The van der Waals surface area contributed by atoms with Crippen LogP contribution in [0.25, 0.3) is 11.0 Å². The van der Waals surface area contributed by atoms with E-state index in [1.807, 2.05) is 81.8 Å². The third kappa shape index (κ3) is 6.66. The van der Waals surface area contributed by atoms with Crippen LogP contribution in [0.3, 0.4) is 0 Å². The number of amides is 1. The maximum atomic E-state index is 14.6. The van der Waals surface area contributed by atoms with E-state index in [0.29, 0.717) is 30.2 Å². The molecule has 276 valence electrons. The van der Waals surface area contributed by atoms with Crippen LogP contribution in [-0.4, -0.2) is 51.1 Å². The second-order valence-corrected chi connectivity index (χ2v) is 16.3. The molecule has 3 aromatic carbocycles. The first-order valence-corrected chi connectivity index (χ1v) is 19.5. The summed E-state index contributed by atoms with van der Waals surface area (Å²) in [6, 6.07) is 23.0. The molecule has 14 heteroatoms. The number of aromatic nitrogens is 4. The summed E-state index contributed by atoms with van der Waals surface area (Å²) < 4.78 is 31.9. The molecule has 5 aromatic rings. The number of anilines is 1. The normalized spacial score (nSPS) is 17.9. The van der Waals surface area contributed by atoms with Gasteiger partial charge in [-0.2, -0.15) is 4.31 Å². The summed E-state index contributed by atoms with van der Waals surface area (Å²) in [7, 11) is -3.76. The van der Waals surface area contributed by atoms with Crippen LogP contribution >= 0.6 is 0 Å². The molecule has 0 aliphatic carbocycles. The van der Waals surface area contributed by atoms with E-state index in [1.165, 1.54) is 0 Å². The van der Waals surface area contributed by atoms with Gasteiger partial charge in [0.25, 0.3) is 0 Å². The number of guanidine groups is 1. The largest absolute Gasteiger partial charge is 0.293 e. The van der Waals surface area contributed by atoms with Crippen molar-refractivity contribution in [2.45, 2.75) is 78.3 Å². The fourth-order valence-corrected chi connectivity index (χ4v) is 9.28. The first-order chi connectivity index (χ1) is 25.4. The van der Waals surface area contributed by atoms with E-state index in [4.69, 9.17) is 0 Å². The molecule has 0 spiro atoms. The number of carbonyl (C=O) groups is 1. The van der Waals surface area contributed by atoms with Gasteiger partial charge in [-0.25, -0.2) is 28.6 Å². The minimum atomic E-state index is -3.76. The summed E-state index contributed by atoms with van der Waals surface area (Å²) in [4.78, 5) is 19.3. The van der Waals surface area contributed by atoms with Crippen molar-refractivity contribution in [3.63, 3.8) is 0 Å². The number of rotatable bonds is 9. The maximum Gasteiger partial charge on any atom is 0.246 e. The first kappa shape index (κ1) is 36.2. The average molecular weight is 735 g/mol. The lowest BCUT2D eigenvalue weighted by atomic mass is 9.69. The number of nitrogens with zero attached hydrogens (tertiary/aromatic N) is 7. The second-order valence-electron chi connectivity index (χ2n) is 14.4. The first-order valence-electron chi connectivity index (χ1n) is 18.0. The van der Waals surface area contributed by atoms with Crippen LogP contribution in [0.15, 0.2) is 89.0 Å². The molecule has 7 rings (SSSR count). The number of hydrazone groups is 1. The van der Waals surface area contributed by atoms with Gasteiger partial charge in [-0.1, -0.05) is 80.9 Å². The molecule has 0 fully saturated rings. The van der Waals surface area contributed by atoms with Crippen LogP contribution in [-0.2, 0) is 34.3 Å². The van der Waals surface area contributed by atoms with Crippen molar-refractivity contribution in [3.05, 3.63) is 112 Å². The molecule has 3 N–H and O–H groups in total. The predicted octanol–water partition coefficient (Wildman–Crippen LogP) is 5.31. The zero-order valence-electron chi connectivity index (χ0n) is 31.0. The highest BCUT2D eigenvalue weighted by Crippen LogP contribution is 2.44. The predicted molar refractivity (Wildman–Crippen MR) is 205 cm³/mol. The molecule has 0 saturated heterocycles. The molecule has 2 aliphatic heterocycles. The van der Waals surface area contributed by atoms with E-state index in [-0.39, 0.29) is 24.3 Å². The van der Waals surface area contributed by atoms with E-state index < -0.39 is 21.4 Å². The Kier molecular flexibility index (Phi) is 9.79. The molecule has 2 aliphatic rings. The van der Waals surface area contributed by atoms with E-state index in [1.54, 1.807) is 33.7 Å². The number of hydrazine groups is 2. The van der Waals surface area contributed by atoms with Crippen LogP contribution < -0.4 is 21.4 Å². The van der Waals surface area contributed by atoms with Crippen molar-refractivity contribution in [3.8, 4) is 0 Å². The van der Waals surface area contributed by atoms with Gasteiger partial charge in [-0.05, 0) is 90.8 Å². The third-order valence-electron chi connectivity index (χ3n) is 10.7. The number of hydrogen-bond donors (Lipinski definition) is 3. The smallest absolute Gasteiger partial charge is 0.246 e. The van der Waals surface area contributed by atoms with Crippen molar-refractivity contribution in [1.29, 1.82) is 0 Å². The quantitative estimate of drug-likeness (QED) is 0.183. The highest BCUT2D eigenvalue weighted by atomic mass is 32.2. The van der Waals surface area contributed by atoms with Gasteiger partial charge in [0, 0.05) is 31.7 Å². The zero-order chi connectivity index (χ0) is 37.5. The van der Waals surface area contributed by atoms with Crippen molar-refractivity contribution >= 4 is 38.7 Å². The highest BCUT2D eigenvalue weighted by Gasteiger charge is 2.42. The van der Waals surface area contributed by atoms with Crippen LogP contribution in [0.5, 0.6) is 0 Å². The number of aryl methyl sites for hydroxylation is 3.